The van der Waals surface area contributed by atoms with Gasteiger partial charge in [0.15, 0.2) is 0 Å². The summed E-state index contributed by atoms with van der Waals surface area (Å²) in [6.45, 7) is 3.56. The third-order valence-electron chi connectivity index (χ3n) is 4.37. The number of amides is 2. The molecule has 17 heavy (non-hydrogen) atoms. The van der Waals surface area contributed by atoms with Crippen molar-refractivity contribution in [3.63, 3.8) is 0 Å². The molecular formula is C12H18N4O. The van der Waals surface area contributed by atoms with Crippen LogP contribution < -0.4 is 5.32 Å². The van der Waals surface area contributed by atoms with E-state index in [-0.39, 0.29) is 11.9 Å². The van der Waals surface area contributed by atoms with Gasteiger partial charge in [0.25, 0.3) is 0 Å². The average Bonchev–Trinajstić information content (AvgIpc) is 2.96. The monoisotopic (exact) mass is 234 g/mol. The zero-order chi connectivity index (χ0) is 11.8. The molecule has 1 N–H and O–H groups in total. The van der Waals surface area contributed by atoms with Crippen molar-refractivity contribution in [1.82, 2.24) is 15.1 Å². The lowest BCUT2D eigenvalue weighted by atomic mass is 10.1. The molecule has 1 aliphatic carbocycles. The Labute approximate surface area is 101 Å². The van der Waals surface area contributed by atoms with Crippen molar-refractivity contribution < 1.29 is 4.79 Å². The molecule has 1 saturated carbocycles. The summed E-state index contributed by atoms with van der Waals surface area (Å²) in [4.78, 5) is 15.9. The van der Waals surface area contributed by atoms with Crippen molar-refractivity contribution in [3.8, 4) is 6.07 Å². The normalized spacial score (nSPS) is 37.7. The number of nitriles is 1. The second kappa shape index (κ2) is 4.19. The van der Waals surface area contributed by atoms with Gasteiger partial charge >= 0.3 is 6.03 Å². The Balaban J connectivity index is 1.61. The van der Waals surface area contributed by atoms with Crippen LogP contribution >= 0.6 is 0 Å². The van der Waals surface area contributed by atoms with Crippen molar-refractivity contribution in [1.29, 1.82) is 5.26 Å². The molecule has 3 rings (SSSR count). The van der Waals surface area contributed by atoms with Crippen molar-refractivity contribution >= 4 is 6.03 Å². The first-order valence-electron chi connectivity index (χ1n) is 6.46. The van der Waals surface area contributed by atoms with Gasteiger partial charge in [0, 0.05) is 38.1 Å². The SMILES string of the molecule is N#C[C@@H]1CC[C@H](N2CCN3C(=O)NC[C@@H]3C2)C1. The van der Waals surface area contributed by atoms with Crippen molar-refractivity contribution in [2.75, 3.05) is 26.2 Å². The van der Waals surface area contributed by atoms with Gasteiger partial charge in [-0.1, -0.05) is 0 Å². The molecule has 5 nitrogen and oxygen atoms in total. The van der Waals surface area contributed by atoms with E-state index in [2.05, 4.69) is 16.3 Å². The van der Waals surface area contributed by atoms with Crippen LogP contribution in [0.5, 0.6) is 0 Å². The second-order valence-electron chi connectivity index (χ2n) is 5.32. The van der Waals surface area contributed by atoms with Gasteiger partial charge in [-0.3, -0.25) is 4.90 Å². The fourth-order valence-corrected chi connectivity index (χ4v) is 3.37. The van der Waals surface area contributed by atoms with E-state index >= 15 is 0 Å². The minimum atomic E-state index is 0.0935. The van der Waals surface area contributed by atoms with Crippen LogP contribution in [0.25, 0.3) is 0 Å². The van der Waals surface area contributed by atoms with Crippen molar-refractivity contribution in [2.45, 2.75) is 31.3 Å². The minimum absolute atomic E-state index is 0.0935. The predicted octanol–water partition coefficient (Wildman–Crippen LogP) is 0.388. The van der Waals surface area contributed by atoms with E-state index in [0.717, 1.165) is 45.4 Å². The molecule has 92 valence electrons. The van der Waals surface area contributed by atoms with Gasteiger partial charge in [-0.15, -0.1) is 0 Å². The van der Waals surface area contributed by atoms with Gasteiger partial charge in [0.1, 0.15) is 0 Å². The van der Waals surface area contributed by atoms with Gasteiger partial charge in [-0.2, -0.15) is 5.26 Å². The summed E-state index contributed by atoms with van der Waals surface area (Å²) in [7, 11) is 0. The zero-order valence-corrected chi connectivity index (χ0v) is 9.93. The van der Waals surface area contributed by atoms with Gasteiger partial charge < -0.3 is 10.2 Å². The molecule has 2 saturated heterocycles. The molecule has 0 aromatic carbocycles. The lowest BCUT2D eigenvalue weighted by Gasteiger charge is -2.39. The van der Waals surface area contributed by atoms with Crippen LogP contribution in [0.4, 0.5) is 4.79 Å². The standard InChI is InChI=1S/C12H18N4O/c13-6-9-1-2-10(5-9)15-3-4-16-11(8-15)7-14-12(16)17/h9-11H,1-5,7-8H2,(H,14,17)/t9-,10+,11-/m1/s1. The van der Waals surface area contributed by atoms with Crippen molar-refractivity contribution in [2.24, 2.45) is 5.92 Å². The van der Waals surface area contributed by atoms with E-state index in [1.807, 2.05) is 4.90 Å². The number of urea groups is 1. The Morgan fingerprint density at radius 2 is 2.18 bits per heavy atom. The number of piperazine rings is 1. The van der Waals surface area contributed by atoms with E-state index in [0.29, 0.717) is 12.1 Å². The molecule has 5 heteroatoms. The summed E-state index contributed by atoms with van der Waals surface area (Å²) in [6.07, 6.45) is 3.21. The first kappa shape index (κ1) is 10.8. The molecule has 3 atom stereocenters. The fourth-order valence-electron chi connectivity index (χ4n) is 3.37. The topological polar surface area (TPSA) is 59.4 Å². The van der Waals surface area contributed by atoms with Crippen LogP contribution in [0.15, 0.2) is 0 Å². The summed E-state index contributed by atoms with van der Waals surface area (Å²) in [5, 5.41) is 11.8. The number of carbonyl (C=O) groups is 1. The molecule has 0 aromatic rings. The maximum absolute atomic E-state index is 11.5. The van der Waals surface area contributed by atoms with Gasteiger partial charge in [0.05, 0.1) is 12.1 Å². The Hall–Kier alpha value is -1.28. The molecular weight excluding hydrogens is 216 g/mol. The van der Waals surface area contributed by atoms with Gasteiger partial charge in [-0.05, 0) is 19.3 Å². The molecule has 3 aliphatic rings. The van der Waals surface area contributed by atoms with E-state index in [4.69, 9.17) is 5.26 Å². The van der Waals surface area contributed by atoms with E-state index in [1.54, 1.807) is 0 Å². The average molecular weight is 234 g/mol. The van der Waals surface area contributed by atoms with Crippen LogP contribution in [0.3, 0.4) is 0 Å². The first-order valence-corrected chi connectivity index (χ1v) is 6.46. The summed E-state index contributed by atoms with van der Waals surface area (Å²) in [5.74, 6) is 0.251. The predicted molar refractivity (Wildman–Crippen MR) is 62.2 cm³/mol. The number of nitrogens with zero attached hydrogens (tertiary/aromatic N) is 3. The van der Waals surface area contributed by atoms with Crippen LogP contribution in [0.2, 0.25) is 0 Å². The summed E-state index contributed by atoms with van der Waals surface area (Å²) in [5.41, 5.74) is 0. The molecule has 0 unspecified atom stereocenters. The molecule has 3 fully saturated rings. The quantitative estimate of drug-likeness (QED) is 0.714. The number of hydrogen-bond donors (Lipinski definition) is 1. The van der Waals surface area contributed by atoms with Crippen LogP contribution in [0, 0.1) is 17.2 Å². The lowest BCUT2D eigenvalue weighted by molar-refractivity contribution is 0.0891. The number of hydrogen-bond acceptors (Lipinski definition) is 3. The molecule has 2 heterocycles. The lowest BCUT2D eigenvalue weighted by Crippen LogP contribution is -2.54. The highest BCUT2D eigenvalue weighted by Crippen LogP contribution is 2.30. The maximum Gasteiger partial charge on any atom is 0.317 e. The van der Waals surface area contributed by atoms with Crippen LogP contribution in [0.1, 0.15) is 19.3 Å². The summed E-state index contributed by atoms with van der Waals surface area (Å²) >= 11 is 0. The Kier molecular flexibility index (Phi) is 2.67. The molecule has 2 aliphatic heterocycles. The van der Waals surface area contributed by atoms with E-state index < -0.39 is 0 Å². The fraction of sp³-hybridized carbons (Fsp3) is 0.833. The minimum Gasteiger partial charge on any atom is -0.336 e. The first-order chi connectivity index (χ1) is 8.28. The second-order valence-corrected chi connectivity index (χ2v) is 5.32. The molecule has 0 aromatic heterocycles. The smallest absolute Gasteiger partial charge is 0.317 e. The number of rotatable bonds is 1. The van der Waals surface area contributed by atoms with E-state index in [9.17, 15) is 4.79 Å². The van der Waals surface area contributed by atoms with E-state index in [1.165, 1.54) is 0 Å². The maximum atomic E-state index is 11.5. The molecule has 0 bridgehead atoms. The highest BCUT2D eigenvalue weighted by atomic mass is 16.2. The number of fused-ring (bicyclic) bond motifs is 1. The summed E-state index contributed by atoms with van der Waals surface area (Å²) < 4.78 is 0. The van der Waals surface area contributed by atoms with Crippen LogP contribution in [-0.4, -0.2) is 54.1 Å². The number of carbonyl (C=O) groups excluding carboxylic acids is 1. The van der Waals surface area contributed by atoms with Gasteiger partial charge in [-0.25, -0.2) is 4.79 Å². The highest BCUT2D eigenvalue weighted by Gasteiger charge is 2.39. The van der Waals surface area contributed by atoms with Gasteiger partial charge in [0.2, 0.25) is 0 Å². The molecule has 2 amide bonds. The van der Waals surface area contributed by atoms with Crippen molar-refractivity contribution in [3.05, 3.63) is 0 Å². The largest absolute Gasteiger partial charge is 0.336 e. The summed E-state index contributed by atoms with van der Waals surface area (Å²) in [6, 6.07) is 3.39. The Morgan fingerprint density at radius 1 is 1.29 bits per heavy atom. The molecule has 0 spiro atoms. The highest BCUT2D eigenvalue weighted by molar-refractivity contribution is 5.77. The Bertz CT molecular complexity index is 364. The Morgan fingerprint density at radius 3 is 2.94 bits per heavy atom. The molecule has 0 radical (unpaired) electrons. The number of nitrogens with one attached hydrogen (secondary N) is 1. The third kappa shape index (κ3) is 1.87. The zero-order valence-electron chi connectivity index (χ0n) is 9.93. The van der Waals surface area contributed by atoms with Crippen LogP contribution in [-0.2, 0) is 0 Å². The third-order valence-corrected chi connectivity index (χ3v) is 4.37.